The molecule has 0 aliphatic heterocycles. The fraction of sp³-hybridized carbons (Fsp3) is 0.261. The van der Waals surface area contributed by atoms with Crippen molar-refractivity contribution in [3.63, 3.8) is 0 Å². The molecule has 1 aliphatic rings. The zero-order valence-corrected chi connectivity index (χ0v) is 16.2. The fourth-order valence-electron chi connectivity index (χ4n) is 4.23. The van der Waals surface area contributed by atoms with Gasteiger partial charge in [-0.25, -0.2) is 4.98 Å². The van der Waals surface area contributed by atoms with Crippen LogP contribution >= 0.6 is 11.3 Å². The third-order valence-corrected chi connectivity index (χ3v) is 6.69. The molecule has 4 nitrogen and oxygen atoms in total. The minimum Gasteiger partial charge on any atom is -0.288 e. The quantitative estimate of drug-likeness (QED) is 0.454. The highest BCUT2D eigenvalue weighted by molar-refractivity contribution is 7.24. The van der Waals surface area contributed by atoms with E-state index >= 15 is 0 Å². The van der Waals surface area contributed by atoms with Gasteiger partial charge in [-0.2, -0.15) is 0 Å². The molecule has 0 N–H and O–H groups in total. The molecule has 5 rings (SSSR count). The maximum Gasteiger partial charge on any atom is 0.270 e. The zero-order chi connectivity index (χ0) is 19.1. The number of aromatic nitrogens is 2. The molecule has 0 unspecified atom stereocenters. The smallest absolute Gasteiger partial charge is 0.270 e. The highest BCUT2D eigenvalue weighted by Gasteiger charge is 2.24. The Labute approximate surface area is 166 Å². The lowest BCUT2D eigenvalue weighted by atomic mass is 9.88. The van der Waals surface area contributed by atoms with Crippen molar-refractivity contribution in [1.82, 2.24) is 9.55 Å². The van der Waals surface area contributed by atoms with E-state index in [9.17, 15) is 9.59 Å². The number of para-hydroxylation sites is 1. The molecule has 0 bridgehead atoms. The molecule has 2 heterocycles. The van der Waals surface area contributed by atoms with Crippen LogP contribution in [0, 0.1) is 0 Å². The number of hydrogen-bond acceptors (Lipinski definition) is 4. The van der Waals surface area contributed by atoms with Gasteiger partial charge in [0, 0.05) is 16.0 Å². The van der Waals surface area contributed by atoms with E-state index in [0.717, 1.165) is 41.9 Å². The van der Waals surface area contributed by atoms with E-state index in [2.05, 4.69) is 0 Å². The number of benzene rings is 2. The highest BCUT2D eigenvalue weighted by atomic mass is 32.1. The SMILES string of the molecule is O=c1c2ccccc2sc2nc(C3CCCCC3)n(-c3ccccc3)c(=O)c12. The molecule has 0 atom stereocenters. The summed E-state index contributed by atoms with van der Waals surface area (Å²) < 4.78 is 2.56. The molecule has 0 amide bonds. The summed E-state index contributed by atoms with van der Waals surface area (Å²) in [6, 6.07) is 17.0. The average molecular weight is 388 g/mol. The maximum atomic E-state index is 13.6. The van der Waals surface area contributed by atoms with Crippen molar-refractivity contribution in [3.8, 4) is 5.69 Å². The third kappa shape index (κ3) is 2.78. The van der Waals surface area contributed by atoms with Gasteiger partial charge in [-0.3, -0.25) is 14.2 Å². The van der Waals surface area contributed by atoms with E-state index in [1.165, 1.54) is 17.8 Å². The standard InChI is InChI=1S/C23H20N2O2S/c26-20-17-13-7-8-14-18(17)28-22-19(20)23(27)25(16-11-5-2-6-12-16)21(24-22)15-9-3-1-4-10-15/h2,5-8,11-15H,1,3-4,9-10H2. The van der Waals surface area contributed by atoms with Crippen molar-refractivity contribution in [2.45, 2.75) is 38.0 Å². The first-order valence-corrected chi connectivity index (χ1v) is 10.6. The Kier molecular flexibility index (Phi) is 4.32. The van der Waals surface area contributed by atoms with Gasteiger partial charge in [0.25, 0.3) is 5.56 Å². The summed E-state index contributed by atoms with van der Waals surface area (Å²) in [6.07, 6.45) is 5.61. The molecule has 28 heavy (non-hydrogen) atoms. The predicted molar refractivity (Wildman–Crippen MR) is 115 cm³/mol. The minimum atomic E-state index is -0.247. The van der Waals surface area contributed by atoms with E-state index in [0.29, 0.717) is 10.2 Å². The van der Waals surface area contributed by atoms with Gasteiger partial charge in [0.2, 0.25) is 5.43 Å². The van der Waals surface area contributed by atoms with Crippen LogP contribution in [0.3, 0.4) is 0 Å². The van der Waals surface area contributed by atoms with Gasteiger partial charge in [0.05, 0.1) is 5.69 Å². The monoisotopic (exact) mass is 388 g/mol. The minimum absolute atomic E-state index is 0.201. The first-order valence-electron chi connectivity index (χ1n) is 9.78. The number of rotatable bonds is 2. The summed E-state index contributed by atoms with van der Waals surface area (Å²) in [5.74, 6) is 1.05. The molecule has 140 valence electrons. The van der Waals surface area contributed by atoms with Gasteiger partial charge in [0.1, 0.15) is 16.0 Å². The molecule has 5 heteroatoms. The van der Waals surface area contributed by atoms with Crippen molar-refractivity contribution >= 4 is 31.6 Å². The molecule has 1 fully saturated rings. The van der Waals surface area contributed by atoms with E-state index in [4.69, 9.17) is 4.98 Å². The van der Waals surface area contributed by atoms with Crippen molar-refractivity contribution in [2.24, 2.45) is 0 Å². The van der Waals surface area contributed by atoms with E-state index < -0.39 is 0 Å². The zero-order valence-electron chi connectivity index (χ0n) is 15.4. The van der Waals surface area contributed by atoms with Crippen molar-refractivity contribution in [3.05, 3.63) is 81.0 Å². The Morgan fingerprint density at radius 1 is 0.893 bits per heavy atom. The molecule has 1 aliphatic carbocycles. The Bertz CT molecular complexity index is 1290. The topological polar surface area (TPSA) is 52.0 Å². The van der Waals surface area contributed by atoms with Gasteiger partial charge >= 0.3 is 0 Å². The molecule has 0 radical (unpaired) electrons. The van der Waals surface area contributed by atoms with Crippen molar-refractivity contribution in [2.75, 3.05) is 0 Å². The molecular weight excluding hydrogens is 368 g/mol. The Morgan fingerprint density at radius 3 is 2.39 bits per heavy atom. The Morgan fingerprint density at radius 2 is 1.61 bits per heavy atom. The van der Waals surface area contributed by atoms with Gasteiger partial charge in [-0.05, 0) is 37.1 Å². The second-order valence-corrected chi connectivity index (χ2v) is 8.42. The van der Waals surface area contributed by atoms with Crippen LogP contribution in [-0.2, 0) is 0 Å². The molecular formula is C23H20N2O2S. The lowest BCUT2D eigenvalue weighted by Crippen LogP contribution is -2.29. The lowest BCUT2D eigenvalue weighted by Gasteiger charge is -2.24. The number of nitrogens with zero attached hydrogens (tertiary/aromatic N) is 2. The summed E-state index contributed by atoms with van der Waals surface area (Å²) in [5, 5.41) is 0.788. The summed E-state index contributed by atoms with van der Waals surface area (Å²) >= 11 is 1.44. The molecule has 4 aromatic rings. The highest BCUT2D eigenvalue weighted by Crippen LogP contribution is 2.33. The van der Waals surface area contributed by atoms with Crippen LogP contribution in [0.15, 0.2) is 64.2 Å². The predicted octanol–water partition coefficient (Wildman–Crippen LogP) is 5.01. The van der Waals surface area contributed by atoms with Crippen LogP contribution in [0.5, 0.6) is 0 Å². The summed E-state index contributed by atoms with van der Waals surface area (Å²) in [5.41, 5.74) is 0.311. The third-order valence-electron chi connectivity index (χ3n) is 5.63. The molecule has 2 aromatic heterocycles. The molecule has 0 saturated heterocycles. The van der Waals surface area contributed by atoms with Crippen molar-refractivity contribution in [1.29, 1.82) is 0 Å². The molecule has 1 saturated carbocycles. The van der Waals surface area contributed by atoms with Crippen LogP contribution in [-0.4, -0.2) is 9.55 Å². The Hall–Kier alpha value is -2.79. The molecule has 0 spiro atoms. The van der Waals surface area contributed by atoms with Crippen LogP contribution in [0.25, 0.3) is 26.0 Å². The summed E-state index contributed by atoms with van der Waals surface area (Å²) in [4.78, 5) is 32.2. The fourth-order valence-corrected chi connectivity index (χ4v) is 5.28. The first-order chi connectivity index (χ1) is 13.7. The second-order valence-electron chi connectivity index (χ2n) is 7.39. The second kappa shape index (κ2) is 6.99. The lowest BCUT2D eigenvalue weighted by molar-refractivity contribution is 0.422. The van der Waals surface area contributed by atoms with Gasteiger partial charge < -0.3 is 0 Å². The summed E-state index contributed by atoms with van der Waals surface area (Å²) in [7, 11) is 0. The van der Waals surface area contributed by atoms with Crippen molar-refractivity contribution < 1.29 is 0 Å². The first kappa shape index (κ1) is 17.3. The van der Waals surface area contributed by atoms with Gasteiger partial charge in [0.15, 0.2) is 0 Å². The van der Waals surface area contributed by atoms with Gasteiger partial charge in [-0.1, -0.05) is 49.6 Å². The van der Waals surface area contributed by atoms with Crippen LogP contribution in [0.1, 0.15) is 43.8 Å². The average Bonchev–Trinajstić information content (AvgIpc) is 2.75. The normalized spacial score (nSPS) is 15.3. The van der Waals surface area contributed by atoms with Crippen LogP contribution < -0.4 is 11.0 Å². The van der Waals surface area contributed by atoms with E-state index in [-0.39, 0.29) is 22.3 Å². The summed E-state index contributed by atoms with van der Waals surface area (Å²) in [6.45, 7) is 0. The van der Waals surface area contributed by atoms with Crippen LogP contribution in [0.4, 0.5) is 0 Å². The van der Waals surface area contributed by atoms with Crippen LogP contribution in [0.2, 0.25) is 0 Å². The largest absolute Gasteiger partial charge is 0.288 e. The number of fused-ring (bicyclic) bond motifs is 2. The Balaban J connectivity index is 1.90. The number of hydrogen-bond donors (Lipinski definition) is 0. The van der Waals surface area contributed by atoms with Gasteiger partial charge in [-0.15, -0.1) is 11.3 Å². The molecule has 2 aromatic carbocycles. The van der Waals surface area contributed by atoms with E-state index in [1.54, 1.807) is 10.6 Å². The van der Waals surface area contributed by atoms with E-state index in [1.807, 2.05) is 48.5 Å². The maximum absolute atomic E-state index is 13.6.